The van der Waals surface area contributed by atoms with Crippen LogP contribution in [0.2, 0.25) is 0 Å². The van der Waals surface area contributed by atoms with Gasteiger partial charge in [-0.15, -0.1) is 0 Å². The number of aliphatic hydroxyl groups excluding tert-OH is 1. The molecule has 2 aromatic heterocycles. The summed E-state index contributed by atoms with van der Waals surface area (Å²) in [5.74, 6) is 6.24. The maximum atomic E-state index is 12.2. The lowest BCUT2D eigenvalue weighted by molar-refractivity contribution is 0.0938. The maximum Gasteiger partial charge on any atom is 0.329 e. The summed E-state index contributed by atoms with van der Waals surface area (Å²) < 4.78 is 8.16. The van der Waals surface area contributed by atoms with Gasteiger partial charge < -0.3 is 14.4 Å². The first kappa shape index (κ1) is 17.7. The van der Waals surface area contributed by atoms with Crippen molar-refractivity contribution in [3.05, 3.63) is 50.7 Å². The number of H-pyrrole nitrogens is 1. The molecule has 0 fully saturated rings. The van der Waals surface area contributed by atoms with E-state index in [4.69, 9.17) is 10.6 Å². The Kier molecular flexibility index (Phi) is 4.78. The van der Waals surface area contributed by atoms with Crippen LogP contribution in [0.3, 0.4) is 0 Å². The molecule has 0 aliphatic heterocycles. The van der Waals surface area contributed by atoms with Gasteiger partial charge in [0.05, 0.1) is 6.54 Å². The van der Waals surface area contributed by atoms with E-state index in [0.29, 0.717) is 5.75 Å². The Morgan fingerprint density at radius 3 is 2.69 bits per heavy atom. The largest absolute Gasteiger partial charge is 0.491 e. The molecule has 0 saturated carbocycles. The van der Waals surface area contributed by atoms with Crippen molar-refractivity contribution in [3.63, 3.8) is 0 Å². The van der Waals surface area contributed by atoms with Crippen LogP contribution in [-0.2, 0) is 13.6 Å². The van der Waals surface area contributed by atoms with E-state index in [0.717, 1.165) is 5.56 Å². The molecule has 26 heavy (non-hydrogen) atoms. The Morgan fingerprint density at radius 2 is 2.04 bits per heavy atom. The lowest BCUT2D eigenvalue weighted by Gasteiger charge is -2.15. The maximum absolute atomic E-state index is 12.2. The van der Waals surface area contributed by atoms with Gasteiger partial charge in [0.15, 0.2) is 11.2 Å². The van der Waals surface area contributed by atoms with Gasteiger partial charge in [-0.05, 0) is 19.1 Å². The van der Waals surface area contributed by atoms with Crippen molar-refractivity contribution >= 4 is 17.1 Å². The molecule has 0 spiro atoms. The van der Waals surface area contributed by atoms with Crippen LogP contribution in [0.25, 0.3) is 11.2 Å². The molecule has 1 atom stereocenters. The molecular weight excluding hydrogens is 340 g/mol. The van der Waals surface area contributed by atoms with Crippen LogP contribution in [0.5, 0.6) is 5.75 Å². The zero-order valence-electron chi connectivity index (χ0n) is 14.4. The number of ether oxygens (including phenoxy) is 1. The van der Waals surface area contributed by atoms with Crippen LogP contribution in [0.4, 0.5) is 5.95 Å². The first-order chi connectivity index (χ1) is 12.4. The van der Waals surface area contributed by atoms with Crippen molar-refractivity contribution in [2.75, 3.05) is 12.0 Å². The lowest BCUT2D eigenvalue weighted by Crippen LogP contribution is -2.31. The van der Waals surface area contributed by atoms with Crippen molar-refractivity contribution < 1.29 is 9.84 Å². The molecule has 3 aromatic rings. The SMILES string of the molecule is Cc1ccc(OCC(O)Cn2c(NN)nc3c2c(=O)[nH]c(=O)n3C)cc1. The summed E-state index contributed by atoms with van der Waals surface area (Å²) in [6.45, 7) is 1.98. The lowest BCUT2D eigenvalue weighted by atomic mass is 10.2. The van der Waals surface area contributed by atoms with Gasteiger partial charge in [-0.2, -0.15) is 4.98 Å². The number of fused-ring (bicyclic) bond motifs is 1. The van der Waals surface area contributed by atoms with E-state index in [1.807, 2.05) is 31.2 Å². The Balaban J connectivity index is 1.85. The highest BCUT2D eigenvalue weighted by Gasteiger charge is 2.19. The molecule has 2 heterocycles. The van der Waals surface area contributed by atoms with E-state index in [9.17, 15) is 14.7 Å². The fourth-order valence-electron chi connectivity index (χ4n) is 2.61. The number of imidazole rings is 1. The molecule has 0 saturated heterocycles. The van der Waals surface area contributed by atoms with Crippen LogP contribution in [0.15, 0.2) is 33.9 Å². The molecule has 0 aliphatic carbocycles. The molecule has 0 aliphatic rings. The van der Waals surface area contributed by atoms with Crippen molar-refractivity contribution in [3.8, 4) is 5.75 Å². The zero-order valence-corrected chi connectivity index (χ0v) is 14.4. The molecular formula is C16H20N6O4. The fraction of sp³-hybridized carbons (Fsp3) is 0.312. The van der Waals surface area contributed by atoms with Crippen molar-refractivity contribution in [1.82, 2.24) is 19.1 Å². The molecule has 3 rings (SSSR count). The summed E-state index contributed by atoms with van der Waals surface area (Å²) in [5, 5.41) is 10.3. The summed E-state index contributed by atoms with van der Waals surface area (Å²) in [4.78, 5) is 30.2. The van der Waals surface area contributed by atoms with Crippen LogP contribution >= 0.6 is 0 Å². The second-order valence-electron chi connectivity index (χ2n) is 5.96. The van der Waals surface area contributed by atoms with Gasteiger partial charge in [0.1, 0.15) is 18.5 Å². The first-order valence-electron chi connectivity index (χ1n) is 7.94. The number of nitrogens with zero attached hydrogens (tertiary/aromatic N) is 3. The summed E-state index contributed by atoms with van der Waals surface area (Å²) in [5.41, 5.74) is 2.59. The van der Waals surface area contributed by atoms with Crippen LogP contribution in [-0.4, -0.2) is 36.9 Å². The highest BCUT2D eigenvalue weighted by molar-refractivity contribution is 5.74. The summed E-state index contributed by atoms with van der Waals surface area (Å²) >= 11 is 0. The summed E-state index contributed by atoms with van der Waals surface area (Å²) in [6.07, 6.45) is -0.933. The van der Waals surface area contributed by atoms with Gasteiger partial charge in [-0.25, -0.2) is 10.6 Å². The number of aliphatic hydroxyl groups is 1. The number of nitrogens with two attached hydrogens (primary N) is 1. The normalized spacial score (nSPS) is 12.3. The second kappa shape index (κ2) is 7.02. The number of anilines is 1. The predicted octanol–water partition coefficient (Wildman–Crippen LogP) is -0.543. The van der Waals surface area contributed by atoms with E-state index < -0.39 is 17.4 Å². The topological polar surface area (TPSA) is 140 Å². The number of nitrogens with one attached hydrogen (secondary N) is 2. The highest BCUT2D eigenvalue weighted by Crippen LogP contribution is 2.16. The molecule has 1 unspecified atom stereocenters. The van der Waals surface area contributed by atoms with E-state index in [1.165, 1.54) is 16.2 Å². The van der Waals surface area contributed by atoms with Gasteiger partial charge >= 0.3 is 5.69 Å². The van der Waals surface area contributed by atoms with Gasteiger partial charge in [0.2, 0.25) is 5.95 Å². The van der Waals surface area contributed by atoms with Gasteiger partial charge in [-0.1, -0.05) is 17.7 Å². The predicted molar refractivity (Wildman–Crippen MR) is 96.1 cm³/mol. The Bertz CT molecular complexity index is 1030. The van der Waals surface area contributed by atoms with Crippen molar-refractivity contribution in [1.29, 1.82) is 0 Å². The van der Waals surface area contributed by atoms with E-state index in [2.05, 4.69) is 15.4 Å². The molecule has 10 nitrogen and oxygen atoms in total. The van der Waals surface area contributed by atoms with E-state index in [-0.39, 0.29) is 30.3 Å². The third kappa shape index (κ3) is 3.32. The first-order valence-corrected chi connectivity index (χ1v) is 7.94. The number of aryl methyl sites for hydroxylation is 2. The molecule has 138 valence electrons. The number of benzene rings is 1. The second-order valence-corrected chi connectivity index (χ2v) is 5.96. The molecule has 5 N–H and O–H groups in total. The number of hydrazine groups is 1. The Morgan fingerprint density at radius 1 is 1.35 bits per heavy atom. The molecule has 10 heteroatoms. The number of rotatable bonds is 6. The monoisotopic (exact) mass is 360 g/mol. The van der Waals surface area contributed by atoms with Gasteiger partial charge in [0.25, 0.3) is 5.56 Å². The van der Waals surface area contributed by atoms with Gasteiger partial charge in [0, 0.05) is 7.05 Å². The third-order valence-corrected chi connectivity index (χ3v) is 3.99. The minimum Gasteiger partial charge on any atom is -0.491 e. The summed E-state index contributed by atoms with van der Waals surface area (Å²) in [7, 11) is 1.48. The van der Waals surface area contributed by atoms with Crippen molar-refractivity contribution in [2.45, 2.75) is 19.6 Å². The quantitative estimate of drug-likeness (QED) is 0.342. The standard InChI is InChI=1S/C16H20N6O4/c1-9-3-5-11(6-4-9)26-8-10(23)7-22-12-13(18-15(22)20-17)21(2)16(25)19-14(12)24/h3-6,10,23H,7-8,17H2,1-2H3,(H,18,20)(H,19,24,25). The minimum atomic E-state index is -0.933. The number of aromatic amines is 1. The Labute approximate surface area is 147 Å². The van der Waals surface area contributed by atoms with Crippen LogP contribution in [0, 0.1) is 6.92 Å². The van der Waals surface area contributed by atoms with Crippen LogP contribution < -0.4 is 27.3 Å². The molecule has 0 amide bonds. The third-order valence-electron chi connectivity index (χ3n) is 3.99. The Hall–Kier alpha value is -3.11. The number of hydrogen-bond donors (Lipinski definition) is 4. The number of nitrogen functional groups attached to an aromatic ring is 1. The molecule has 0 bridgehead atoms. The number of aromatic nitrogens is 4. The zero-order chi connectivity index (χ0) is 18.8. The van der Waals surface area contributed by atoms with E-state index >= 15 is 0 Å². The van der Waals surface area contributed by atoms with E-state index in [1.54, 1.807) is 0 Å². The smallest absolute Gasteiger partial charge is 0.329 e. The number of hydrogen-bond acceptors (Lipinski definition) is 7. The highest BCUT2D eigenvalue weighted by atomic mass is 16.5. The van der Waals surface area contributed by atoms with Crippen molar-refractivity contribution in [2.24, 2.45) is 12.9 Å². The summed E-state index contributed by atoms with van der Waals surface area (Å²) in [6, 6.07) is 7.42. The molecule has 0 radical (unpaired) electrons. The average molecular weight is 360 g/mol. The van der Waals surface area contributed by atoms with Gasteiger partial charge in [-0.3, -0.25) is 19.8 Å². The average Bonchev–Trinajstić information content (AvgIpc) is 2.98. The fourth-order valence-corrected chi connectivity index (χ4v) is 2.61. The molecule has 1 aromatic carbocycles. The minimum absolute atomic E-state index is 0.00315. The van der Waals surface area contributed by atoms with Crippen LogP contribution in [0.1, 0.15) is 5.56 Å².